The number of aromatic nitrogens is 3. The summed E-state index contributed by atoms with van der Waals surface area (Å²) in [5.74, 6) is 1.03. The number of anilines is 1. The van der Waals surface area contributed by atoms with Crippen molar-refractivity contribution >= 4 is 23.3 Å². The Labute approximate surface area is 235 Å². The van der Waals surface area contributed by atoms with Gasteiger partial charge in [0, 0.05) is 51.9 Å². The van der Waals surface area contributed by atoms with E-state index in [0.29, 0.717) is 41.0 Å². The lowest BCUT2D eigenvalue weighted by Crippen LogP contribution is -2.47. The van der Waals surface area contributed by atoms with Crippen molar-refractivity contribution in [1.82, 2.24) is 30.1 Å². The first-order chi connectivity index (χ1) is 18.9. The van der Waals surface area contributed by atoms with Gasteiger partial charge in [-0.15, -0.1) is 0 Å². The number of carbonyl (C=O) groups excluding carboxylic acids is 1. The van der Waals surface area contributed by atoms with Gasteiger partial charge < -0.3 is 20.6 Å². The summed E-state index contributed by atoms with van der Waals surface area (Å²) >= 11 is 6.57. The molecule has 1 aliphatic heterocycles. The maximum atomic E-state index is 13.0. The topological polar surface area (TPSA) is 107 Å². The van der Waals surface area contributed by atoms with E-state index in [2.05, 4.69) is 35.4 Å². The minimum atomic E-state index is -0.257. The van der Waals surface area contributed by atoms with E-state index in [9.17, 15) is 4.79 Å². The number of halogens is 1. The first-order valence-corrected chi connectivity index (χ1v) is 13.9. The molecule has 2 aromatic heterocycles. The molecule has 0 aliphatic carbocycles. The second-order valence-corrected chi connectivity index (χ2v) is 10.3. The largest absolute Gasteiger partial charge is 0.395 e. The number of pyridine rings is 1. The third-order valence-electron chi connectivity index (χ3n) is 6.93. The van der Waals surface area contributed by atoms with Gasteiger partial charge >= 0.3 is 0 Å². The average Bonchev–Trinajstić information content (AvgIpc) is 2.94. The number of piperazine rings is 1. The van der Waals surface area contributed by atoms with E-state index in [-0.39, 0.29) is 18.6 Å². The fraction of sp³-hybridized carbons (Fsp3) is 0.448. The molecule has 1 aliphatic rings. The quantitative estimate of drug-likeness (QED) is 0.314. The lowest BCUT2D eigenvalue weighted by Gasteiger charge is -2.34. The zero-order valence-electron chi connectivity index (χ0n) is 22.7. The van der Waals surface area contributed by atoms with Crippen LogP contribution in [0.25, 0.3) is 11.5 Å². The van der Waals surface area contributed by atoms with Gasteiger partial charge in [-0.2, -0.15) is 0 Å². The van der Waals surface area contributed by atoms with E-state index < -0.39 is 0 Å². The molecule has 1 fully saturated rings. The molecule has 1 amide bonds. The molecule has 0 spiro atoms. The number of benzene rings is 1. The number of amides is 1. The normalized spacial score (nSPS) is 15.2. The minimum Gasteiger partial charge on any atom is -0.395 e. The van der Waals surface area contributed by atoms with Crippen LogP contribution < -0.4 is 10.6 Å². The van der Waals surface area contributed by atoms with Crippen molar-refractivity contribution in [2.24, 2.45) is 0 Å². The highest BCUT2D eigenvalue weighted by molar-refractivity contribution is 6.33. The first kappa shape index (κ1) is 28.9. The van der Waals surface area contributed by atoms with Crippen LogP contribution in [0.3, 0.4) is 0 Å². The maximum absolute atomic E-state index is 13.0. The summed E-state index contributed by atoms with van der Waals surface area (Å²) in [5, 5.41) is 16.1. The highest BCUT2D eigenvalue weighted by Gasteiger charge is 2.19. The summed E-state index contributed by atoms with van der Waals surface area (Å²) in [4.78, 5) is 31.2. The number of nitrogens with zero attached hydrogens (tertiary/aromatic N) is 5. The molecule has 0 saturated carbocycles. The van der Waals surface area contributed by atoms with E-state index in [1.807, 2.05) is 56.3 Å². The molecule has 39 heavy (non-hydrogen) atoms. The molecule has 0 radical (unpaired) electrons. The summed E-state index contributed by atoms with van der Waals surface area (Å²) in [6.07, 6.45) is 2.99. The van der Waals surface area contributed by atoms with Gasteiger partial charge in [0.25, 0.3) is 0 Å². The molecule has 1 saturated heterocycles. The summed E-state index contributed by atoms with van der Waals surface area (Å²) in [6, 6.07) is 13.5. The van der Waals surface area contributed by atoms with E-state index >= 15 is 0 Å². The van der Waals surface area contributed by atoms with Gasteiger partial charge in [0.15, 0.2) is 5.82 Å². The lowest BCUT2D eigenvalue weighted by molar-refractivity contribution is -0.122. The Balaban J connectivity index is 1.37. The second kappa shape index (κ2) is 14.3. The molecule has 3 N–H and O–H groups in total. The van der Waals surface area contributed by atoms with Gasteiger partial charge in [-0.3, -0.25) is 14.7 Å². The van der Waals surface area contributed by atoms with Crippen molar-refractivity contribution < 1.29 is 9.90 Å². The van der Waals surface area contributed by atoms with E-state index in [0.717, 1.165) is 56.8 Å². The smallest absolute Gasteiger partial charge is 0.220 e. The lowest BCUT2D eigenvalue weighted by atomic mass is 10.1. The predicted molar refractivity (Wildman–Crippen MR) is 155 cm³/mol. The number of hydrogen-bond donors (Lipinski definition) is 3. The van der Waals surface area contributed by atoms with Crippen LogP contribution in [-0.2, 0) is 4.79 Å². The number of aryl methyl sites for hydroxylation is 2. The van der Waals surface area contributed by atoms with E-state index in [4.69, 9.17) is 16.7 Å². The van der Waals surface area contributed by atoms with Gasteiger partial charge in [-0.25, -0.2) is 9.97 Å². The van der Waals surface area contributed by atoms with Crippen molar-refractivity contribution in [2.45, 2.75) is 32.7 Å². The van der Waals surface area contributed by atoms with Crippen molar-refractivity contribution in [1.29, 1.82) is 0 Å². The Morgan fingerprint density at radius 1 is 1.05 bits per heavy atom. The van der Waals surface area contributed by atoms with Gasteiger partial charge in [0.05, 0.1) is 18.3 Å². The first-order valence-electron chi connectivity index (χ1n) is 13.5. The van der Waals surface area contributed by atoms with Crippen LogP contribution in [0, 0.1) is 13.8 Å². The van der Waals surface area contributed by atoms with Gasteiger partial charge in [-0.1, -0.05) is 41.9 Å². The molecule has 10 heteroatoms. The van der Waals surface area contributed by atoms with Crippen molar-refractivity contribution in [3.63, 3.8) is 0 Å². The van der Waals surface area contributed by atoms with Crippen LogP contribution in [0.4, 0.5) is 5.82 Å². The Kier molecular flexibility index (Phi) is 10.6. The second-order valence-electron chi connectivity index (χ2n) is 9.94. The van der Waals surface area contributed by atoms with Gasteiger partial charge in [0.1, 0.15) is 16.5 Å². The van der Waals surface area contributed by atoms with Crippen LogP contribution in [0.15, 0.2) is 48.7 Å². The maximum Gasteiger partial charge on any atom is 0.220 e. The van der Waals surface area contributed by atoms with Crippen LogP contribution in [0.2, 0.25) is 5.02 Å². The molecular weight excluding hydrogens is 514 g/mol. The average molecular weight is 552 g/mol. The molecule has 3 aromatic rings. The molecule has 1 aromatic carbocycles. The zero-order valence-corrected chi connectivity index (χ0v) is 23.5. The highest BCUT2D eigenvalue weighted by Crippen LogP contribution is 2.26. The zero-order chi connectivity index (χ0) is 27.6. The molecule has 3 heterocycles. The number of aliphatic hydroxyl groups is 1. The number of nitrogens with one attached hydrogen (secondary N) is 2. The van der Waals surface area contributed by atoms with E-state index in [1.165, 1.54) is 0 Å². The minimum absolute atomic E-state index is 0.0131. The summed E-state index contributed by atoms with van der Waals surface area (Å²) in [5.41, 5.74) is 3.41. The molecule has 4 rings (SSSR count). The molecular formula is C29H38ClN7O2. The molecule has 1 atom stereocenters. The molecule has 0 unspecified atom stereocenters. The fourth-order valence-corrected chi connectivity index (χ4v) is 4.84. The van der Waals surface area contributed by atoms with Gasteiger partial charge in [0.2, 0.25) is 5.91 Å². The van der Waals surface area contributed by atoms with Gasteiger partial charge in [-0.05, 0) is 50.1 Å². The summed E-state index contributed by atoms with van der Waals surface area (Å²) in [7, 11) is 0. The number of rotatable bonds is 12. The predicted octanol–water partition coefficient (Wildman–Crippen LogP) is 3.47. The van der Waals surface area contributed by atoms with Crippen LogP contribution >= 0.6 is 11.6 Å². The van der Waals surface area contributed by atoms with Crippen molar-refractivity contribution in [2.75, 3.05) is 57.7 Å². The van der Waals surface area contributed by atoms with Crippen molar-refractivity contribution in [3.8, 4) is 11.5 Å². The molecule has 208 valence electrons. The summed E-state index contributed by atoms with van der Waals surface area (Å²) in [6.45, 7) is 9.94. The van der Waals surface area contributed by atoms with Crippen LogP contribution in [0.1, 0.15) is 35.7 Å². The monoisotopic (exact) mass is 551 g/mol. The third-order valence-corrected chi connectivity index (χ3v) is 7.38. The Morgan fingerprint density at radius 2 is 1.77 bits per heavy atom. The molecule has 0 bridgehead atoms. The number of β-amino-alcohol motifs (C(OH)–C–C–N with tert-alkyl or cyclic N) is 1. The fourth-order valence-electron chi connectivity index (χ4n) is 4.69. The number of hydrogen-bond acceptors (Lipinski definition) is 8. The standard InChI is InChI=1S/C29H38ClN7O2/c1-21-10-11-31-24(19-21)28-33-22(2)27(30)29(35-28)32-20-25(23-7-4-3-5-8-23)34-26(39)9-6-12-36-13-15-37(16-14-36)17-18-38/h3-5,7-8,10-11,19,25,38H,6,9,12-18,20H2,1-2H3,(H,34,39)(H,32,33,35)/t25-/m0/s1. The van der Waals surface area contributed by atoms with E-state index in [1.54, 1.807) is 6.20 Å². The molecule has 9 nitrogen and oxygen atoms in total. The number of carbonyl (C=O) groups is 1. The van der Waals surface area contributed by atoms with Crippen LogP contribution in [0.5, 0.6) is 0 Å². The highest BCUT2D eigenvalue weighted by atomic mass is 35.5. The SMILES string of the molecule is Cc1ccnc(-c2nc(C)c(Cl)c(NC[C@H](NC(=O)CCCN3CCN(CCO)CC3)c3ccccc3)n2)c1. The number of aliphatic hydroxyl groups excluding tert-OH is 1. The summed E-state index contributed by atoms with van der Waals surface area (Å²) < 4.78 is 0. The third kappa shape index (κ3) is 8.44. The van der Waals surface area contributed by atoms with Crippen molar-refractivity contribution in [3.05, 3.63) is 70.5 Å². The Morgan fingerprint density at radius 3 is 2.46 bits per heavy atom. The Bertz CT molecular complexity index is 1220. The Hall–Kier alpha value is -3.11. The van der Waals surface area contributed by atoms with Crippen LogP contribution in [-0.4, -0.2) is 88.2 Å².